The third-order valence-electron chi connectivity index (χ3n) is 4.09. The van der Waals surface area contributed by atoms with Crippen molar-refractivity contribution in [1.82, 2.24) is 14.9 Å². The van der Waals surface area contributed by atoms with Gasteiger partial charge in [-0.05, 0) is 31.0 Å². The van der Waals surface area contributed by atoms with Gasteiger partial charge >= 0.3 is 0 Å². The minimum Gasteiger partial charge on any atom is -0.355 e. The molecule has 2 heterocycles. The Hall–Kier alpha value is -1.88. The summed E-state index contributed by atoms with van der Waals surface area (Å²) in [5, 5.41) is 1.61. The number of nitrogens with zero attached hydrogens (tertiary/aromatic N) is 4. The topological polar surface area (TPSA) is 49.3 Å². The van der Waals surface area contributed by atoms with Gasteiger partial charge in [-0.25, -0.2) is 9.97 Å². The monoisotopic (exact) mass is 318 g/mol. The lowest BCUT2D eigenvalue weighted by Gasteiger charge is -2.34. The van der Waals surface area contributed by atoms with Crippen LogP contribution in [-0.2, 0) is 4.79 Å². The van der Waals surface area contributed by atoms with Crippen LogP contribution in [0, 0.1) is 5.92 Å². The molecule has 1 amide bonds. The van der Waals surface area contributed by atoms with Gasteiger partial charge < -0.3 is 9.80 Å². The molecule has 6 heteroatoms. The first-order chi connectivity index (χ1) is 10.6. The van der Waals surface area contributed by atoms with Crippen molar-refractivity contribution in [3.63, 3.8) is 0 Å². The van der Waals surface area contributed by atoms with Gasteiger partial charge in [0.25, 0.3) is 0 Å². The molecule has 1 fully saturated rings. The quantitative estimate of drug-likeness (QED) is 0.854. The van der Waals surface area contributed by atoms with Gasteiger partial charge in [0.2, 0.25) is 5.91 Å². The van der Waals surface area contributed by atoms with E-state index in [1.807, 2.05) is 18.2 Å². The molecule has 2 aromatic rings. The molecule has 0 radical (unpaired) electrons. The third kappa shape index (κ3) is 2.86. The number of amides is 1. The van der Waals surface area contributed by atoms with Gasteiger partial charge in [0.15, 0.2) is 0 Å². The number of rotatable bonds is 2. The number of carbonyl (C=O) groups is 1. The molecule has 116 valence electrons. The Bertz CT molecular complexity index is 704. The van der Waals surface area contributed by atoms with Crippen molar-refractivity contribution in [2.24, 2.45) is 5.92 Å². The Morgan fingerprint density at radius 2 is 2.18 bits per heavy atom. The van der Waals surface area contributed by atoms with Crippen LogP contribution in [0.1, 0.15) is 12.8 Å². The Morgan fingerprint density at radius 1 is 1.36 bits per heavy atom. The lowest BCUT2D eigenvalue weighted by molar-refractivity contribution is -0.133. The molecule has 1 aromatic heterocycles. The van der Waals surface area contributed by atoms with E-state index in [2.05, 4.69) is 14.9 Å². The maximum absolute atomic E-state index is 12.2. The molecule has 0 saturated carbocycles. The summed E-state index contributed by atoms with van der Waals surface area (Å²) >= 11 is 6.12. The summed E-state index contributed by atoms with van der Waals surface area (Å²) in [4.78, 5) is 24.8. The highest BCUT2D eigenvalue weighted by Crippen LogP contribution is 2.29. The van der Waals surface area contributed by atoms with E-state index in [4.69, 9.17) is 11.6 Å². The molecule has 0 N–H and O–H groups in total. The van der Waals surface area contributed by atoms with Crippen molar-refractivity contribution in [3.05, 3.63) is 29.5 Å². The molecule has 1 saturated heterocycles. The van der Waals surface area contributed by atoms with E-state index in [9.17, 15) is 4.79 Å². The molecule has 1 atom stereocenters. The molecular weight excluding hydrogens is 300 g/mol. The van der Waals surface area contributed by atoms with E-state index >= 15 is 0 Å². The van der Waals surface area contributed by atoms with Crippen LogP contribution in [0.3, 0.4) is 0 Å². The molecule has 1 unspecified atom stereocenters. The minimum absolute atomic E-state index is 0.0212. The molecular formula is C16H19ClN4O. The van der Waals surface area contributed by atoms with Crippen LogP contribution in [-0.4, -0.2) is 48.0 Å². The largest absolute Gasteiger partial charge is 0.355 e. The fourth-order valence-electron chi connectivity index (χ4n) is 3.00. The van der Waals surface area contributed by atoms with Crippen LogP contribution >= 0.6 is 11.6 Å². The maximum Gasteiger partial charge on any atom is 0.226 e. The predicted octanol–water partition coefficient (Wildman–Crippen LogP) is 2.59. The summed E-state index contributed by atoms with van der Waals surface area (Å²) in [6, 6.07) is 5.62. The first kappa shape index (κ1) is 15.0. The van der Waals surface area contributed by atoms with Gasteiger partial charge in [0.05, 0.1) is 11.4 Å². The second-order valence-corrected chi connectivity index (χ2v) is 6.31. The van der Waals surface area contributed by atoms with Crippen LogP contribution < -0.4 is 4.90 Å². The van der Waals surface area contributed by atoms with Crippen LogP contribution in [0.25, 0.3) is 10.9 Å². The maximum atomic E-state index is 12.2. The van der Waals surface area contributed by atoms with E-state index in [1.165, 1.54) is 0 Å². The second-order valence-electron chi connectivity index (χ2n) is 5.88. The molecule has 3 rings (SSSR count). The summed E-state index contributed by atoms with van der Waals surface area (Å²) < 4.78 is 0. The highest BCUT2D eigenvalue weighted by Gasteiger charge is 2.28. The summed E-state index contributed by atoms with van der Waals surface area (Å²) in [7, 11) is 3.61. The van der Waals surface area contributed by atoms with Crippen molar-refractivity contribution in [3.8, 4) is 0 Å². The molecule has 1 aliphatic rings. The number of hydrogen-bond acceptors (Lipinski definition) is 4. The van der Waals surface area contributed by atoms with Crippen LogP contribution in [0.2, 0.25) is 5.02 Å². The van der Waals surface area contributed by atoms with Gasteiger partial charge in [-0.2, -0.15) is 0 Å². The third-order valence-corrected chi connectivity index (χ3v) is 4.32. The molecule has 1 aromatic carbocycles. The van der Waals surface area contributed by atoms with Crippen LogP contribution in [0.15, 0.2) is 24.5 Å². The van der Waals surface area contributed by atoms with Crippen molar-refractivity contribution in [1.29, 1.82) is 0 Å². The normalized spacial score (nSPS) is 18.5. The zero-order valence-corrected chi connectivity index (χ0v) is 13.5. The van der Waals surface area contributed by atoms with Gasteiger partial charge in [-0.3, -0.25) is 4.79 Å². The Balaban J connectivity index is 1.93. The highest BCUT2D eigenvalue weighted by molar-refractivity contribution is 6.31. The summed E-state index contributed by atoms with van der Waals surface area (Å²) in [5.74, 6) is 1.07. The molecule has 0 aliphatic carbocycles. The van der Waals surface area contributed by atoms with E-state index in [0.717, 1.165) is 36.1 Å². The second kappa shape index (κ2) is 6.08. The molecule has 5 nitrogen and oxygen atoms in total. The molecule has 22 heavy (non-hydrogen) atoms. The first-order valence-corrected chi connectivity index (χ1v) is 7.80. The van der Waals surface area contributed by atoms with E-state index < -0.39 is 0 Å². The van der Waals surface area contributed by atoms with Crippen molar-refractivity contribution >= 4 is 34.2 Å². The number of aromatic nitrogens is 2. The summed E-state index contributed by atoms with van der Waals surface area (Å²) in [6.07, 6.45) is 3.48. The molecule has 1 aliphatic heterocycles. The predicted molar refractivity (Wildman–Crippen MR) is 88.2 cm³/mol. The number of hydrogen-bond donors (Lipinski definition) is 0. The van der Waals surface area contributed by atoms with E-state index in [0.29, 0.717) is 11.6 Å². The zero-order chi connectivity index (χ0) is 15.7. The number of carbonyl (C=O) groups excluding carboxylic acids is 1. The fourth-order valence-corrected chi connectivity index (χ4v) is 3.18. The Morgan fingerprint density at radius 3 is 2.95 bits per heavy atom. The van der Waals surface area contributed by atoms with Gasteiger partial charge in [-0.15, -0.1) is 0 Å². The minimum atomic E-state index is 0.0212. The zero-order valence-electron chi connectivity index (χ0n) is 12.8. The summed E-state index contributed by atoms with van der Waals surface area (Å²) in [5.41, 5.74) is 0.871. The van der Waals surface area contributed by atoms with E-state index in [1.54, 1.807) is 25.3 Å². The van der Waals surface area contributed by atoms with Crippen LogP contribution in [0.5, 0.6) is 0 Å². The number of anilines is 1. The number of benzene rings is 1. The lowest BCUT2D eigenvalue weighted by atomic mass is 9.96. The Labute approximate surface area is 134 Å². The number of piperidine rings is 1. The van der Waals surface area contributed by atoms with Gasteiger partial charge in [0.1, 0.15) is 12.1 Å². The number of fused-ring (bicyclic) bond motifs is 1. The Kier molecular flexibility index (Phi) is 4.16. The molecule has 0 bridgehead atoms. The van der Waals surface area contributed by atoms with Gasteiger partial charge in [-0.1, -0.05) is 11.6 Å². The SMILES string of the molecule is CN(C)C(=O)C1CCCN(c2ncnc3ccc(Cl)cc23)C1. The van der Waals surface area contributed by atoms with Gasteiger partial charge in [0, 0.05) is 37.6 Å². The highest BCUT2D eigenvalue weighted by atomic mass is 35.5. The van der Waals surface area contributed by atoms with Crippen LogP contribution in [0.4, 0.5) is 5.82 Å². The van der Waals surface area contributed by atoms with Crippen molar-refractivity contribution in [2.75, 3.05) is 32.1 Å². The average molecular weight is 319 g/mol. The molecule has 0 spiro atoms. The first-order valence-electron chi connectivity index (χ1n) is 7.42. The number of halogens is 1. The standard InChI is InChI=1S/C16H19ClN4O/c1-20(2)16(22)11-4-3-7-21(9-11)15-13-8-12(17)5-6-14(13)18-10-19-15/h5-6,8,10-11H,3-4,7,9H2,1-2H3. The smallest absolute Gasteiger partial charge is 0.226 e. The lowest BCUT2D eigenvalue weighted by Crippen LogP contribution is -2.43. The fraction of sp³-hybridized carbons (Fsp3) is 0.438. The average Bonchev–Trinajstić information content (AvgIpc) is 2.53. The van der Waals surface area contributed by atoms with Crippen molar-refractivity contribution < 1.29 is 4.79 Å². The summed E-state index contributed by atoms with van der Waals surface area (Å²) in [6.45, 7) is 1.59. The van der Waals surface area contributed by atoms with E-state index in [-0.39, 0.29) is 11.8 Å². The van der Waals surface area contributed by atoms with Crippen molar-refractivity contribution in [2.45, 2.75) is 12.8 Å².